The van der Waals surface area contributed by atoms with Gasteiger partial charge in [-0.1, -0.05) is 132 Å². The van der Waals surface area contributed by atoms with Gasteiger partial charge in [0, 0.05) is 43.4 Å². The molecule has 9 heteroatoms. The van der Waals surface area contributed by atoms with Gasteiger partial charge >= 0.3 is 7.59 Å². The van der Waals surface area contributed by atoms with Gasteiger partial charge in [-0.25, -0.2) is 37.5 Å². The van der Waals surface area contributed by atoms with E-state index in [0.717, 1.165) is 54.1 Å². The molecule has 3 aromatic heterocycles. The van der Waals surface area contributed by atoms with Crippen LogP contribution in [0.2, 0.25) is 0 Å². The lowest BCUT2D eigenvalue weighted by Crippen LogP contribution is -2.29. The van der Waals surface area contributed by atoms with E-state index in [2.05, 4.69) is 165 Å². The molecule has 0 fully saturated rings. The molecule has 4 aromatic carbocycles. The summed E-state index contributed by atoms with van der Waals surface area (Å²) in [6, 6.07) is 26.5. The third kappa shape index (κ3) is 4.43. The van der Waals surface area contributed by atoms with Crippen molar-refractivity contribution in [3.05, 3.63) is 128 Å². The van der Waals surface area contributed by atoms with Crippen LogP contribution < -0.4 is 11.0 Å². The van der Waals surface area contributed by atoms with Crippen molar-refractivity contribution in [3.63, 3.8) is 0 Å². The Morgan fingerprint density at radius 3 is 1.47 bits per heavy atom. The number of benzene rings is 4. The Morgan fingerprint density at radius 1 is 0.404 bits per heavy atom. The maximum absolute atomic E-state index is 17.3. The number of fused-ring (bicyclic) bond motifs is 13. The summed E-state index contributed by atoms with van der Waals surface area (Å²) in [5.41, 5.74) is 7.54. The van der Waals surface area contributed by atoms with E-state index in [1.807, 2.05) is 4.34 Å². The minimum Gasteiger partial charge on any atom is -0.248 e. The fourth-order valence-electron chi connectivity index (χ4n) is 9.18. The van der Waals surface area contributed by atoms with Gasteiger partial charge in [-0.05, 0) is 68.2 Å². The van der Waals surface area contributed by atoms with Crippen LogP contribution in [0.3, 0.4) is 0 Å². The fraction of sp³-hybridized carbons (Fsp3) is 0.333. The first-order valence-electron chi connectivity index (χ1n) is 20.1. The summed E-state index contributed by atoms with van der Waals surface area (Å²) in [6.07, 6.45) is 0. The molecular weight excluding hydrogens is 722 g/mol. The zero-order chi connectivity index (χ0) is 40.1. The van der Waals surface area contributed by atoms with Gasteiger partial charge in [-0.2, -0.15) is 0 Å². The molecule has 8 nitrogen and oxygen atoms in total. The second-order valence-electron chi connectivity index (χ2n) is 20.6. The fourth-order valence-corrected chi connectivity index (χ4v) is 12.2. The van der Waals surface area contributed by atoms with Gasteiger partial charge in [-0.15, -0.1) is 0 Å². The number of rotatable bonds is 0. The minimum atomic E-state index is -3.90. The number of hydrogen-bond donors (Lipinski definition) is 0. The average Bonchev–Trinajstić information content (AvgIpc) is 3.89. The van der Waals surface area contributed by atoms with Gasteiger partial charge in [0.25, 0.3) is 0 Å². The number of hydrogen-bond acceptors (Lipinski definition) is 5. The Bertz CT molecular complexity index is 3410. The van der Waals surface area contributed by atoms with Crippen molar-refractivity contribution in [2.24, 2.45) is 20.0 Å². The molecule has 0 saturated carbocycles. The number of amidine groups is 2. The molecule has 4 aliphatic heterocycles. The molecule has 0 aliphatic carbocycles. The van der Waals surface area contributed by atoms with Crippen LogP contribution in [-0.2, 0) is 26.2 Å². The highest BCUT2D eigenvalue weighted by Crippen LogP contribution is 2.62. The molecule has 0 amide bonds. The van der Waals surface area contributed by atoms with Crippen LogP contribution in [0.15, 0.2) is 92.8 Å². The molecule has 57 heavy (non-hydrogen) atoms. The Balaban J connectivity index is 1.44. The van der Waals surface area contributed by atoms with Crippen LogP contribution in [0.4, 0.5) is 11.6 Å². The Labute approximate surface area is 332 Å². The molecule has 0 spiro atoms. The van der Waals surface area contributed by atoms with Gasteiger partial charge in [0.15, 0.2) is 34.3 Å². The van der Waals surface area contributed by atoms with Crippen molar-refractivity contribution in [3.8, 4) is 0 Å². The maximum Gasteiger partial charge on any atom is 0.378 e. The standard InChI is InChI=1S/C48H48N7OP/c1-45(2,3)25-15-19-31-33(21-25)38-37-29-17-13-27(47(7,8)9)23-35(29)44-52-42-32-20-16-28(48(10,11)12)24-36(32)43-50-39-30-18-14-26(46(4,5)6)22-34(30)40(49-39)51-41(31)54(38)57(56,53(37)44)55(42)43/h13-24H,1-12H3. The normalized spacial score (nSPS) is 18.1. The summed E-state index contributed by atoms with van der Waals surface area (Å²) in [6.45, 7) is 26.8. The molecule has 11 rings (SSSR count). The lowest BCUT2D eigenvalue weighted by molar-refractivity contribution is 0.551. The Kier molecular flexibility index (Phi) is 6.36. The molecule has 0 radical (unpaired) electrons. The zero-order valence-corrected chi connectivity index (χ0v) is 35.8. The molecule has 1 unspecified atom stereocenters. The molecule has 0 saturated heterocycles. The molecule has 4 aliphatic rings. The van der Waals surface area contributed by atoms with Crippen LogP contribution in [0.1, 0.15) is 116 Å². The largest absolute Gasteiger partial charge is 0.378 e. The maximum atomic E-state index is 17.3. The van der Waals surface area contributed by atoms with E-state index in [0.29, 0.717) is 34.3 Å². The Hall–Kier alpha value is -5.33. The van der Waals surface area contributed by atoms with Crippen LogP contribution in [-0.4, -0.2) is 24.7 Å². The molecular formula is C48H48N7OP. The topological polar surface area (TPSA) is 81.3 Å². The third-order valence-corrected chi connectivity index (χ3v) is 15.3. The number of aromatic nitrogens is 3. The van der Waals surface area contributed by atoms with E-state index in [-0.39, 0.29) is 21.7 Å². The molecule has 1 atom stereocenters. The highest BCUT2D eigenvalue weighted by atomic mass is 31.2. The minimum absolute atomic E-state index is 0.0900. The number of aliphatic imine (C=N–C) groups is 2. The van der Waals surface area contributed by atoms with Crippen LogP contribution in [0, 0.1) is 10.7 Å². The highest BCUT2D eigenvalue weighted by molar-refractivity contribution is 7.59. The molecule has 7 heterocycles. The van der Waals surface area contributed by atoms with Gasteiger partial charge < -0.3 is 0 Å². The predicted molar refractivity (Wildman–Crippen MR) is 233 cm³/mol. The van der Waals surface area contributed by atoms with Gasteiger partial charge in [0.05, 0.1) is 10.7 Å². The quantitative estimate of drug-likeness (QED) is 0.141. The first-order valence-corrected chi connectivity index (χ1v) is 21.7. The Morgan fingerprint density at radius 2 is 0.860 bits per heavy atom. The predicted octanol–water partition coefficient (Wildman–Crippen LogP) is 11.1. The zero-order valence-electron chi connectivity index (χ0n) is 34.9. The molecule has 0 N–H and O–H groups in total. The summed E-state index contributed by atoms with van der Waals surface area (Å²) >= 11 is 0. The second-order valence-corrected chi connectivity index (χ2v) is 22.8. The second kappa shape index (κ2) is 10.4. The van der Waals surface area contributed by atoms with Crippen LogP contribution in [0.5, 0.6) is 0 Å². The van der Waals surface area contributed by atoms with Crippen LogP contribution >= 0.6 is 7.59 Å². The summed E-state index contributed by atoms with van der Waals surface area (Å²) in [4.78, 5) is 21.8. The number of nitrogens with zero attached hydrogens (tertiary/aromatic N) is 7. The van der Waals surface area contributed by atoms with E-state index in [9.17, 15) is 0 Å². The highest BCUT2D eigenvalue weighted by Gasteiger charge is 2.47. The summed E-state index contributed by atoms with van der Waals surface area (Å²) < 4.78 is 23.4. The molecule has 7 aromatic rings. The first-order chi connectivity index (χ1) is 26.7. The average molecular weight is 770 g/mol. The lowest BCUT2D eigenvalue weighted by atomic mass is 9.85. The van der Waals surface area contributed by atoms with Crippen molar-refractivity contribution in [2.45, 2.75) is 105 Å². The summed E-state index contributed by atoms with van der Waals surface area (Å²) in [5, 5.41) is 7.62. The van der Waals surface area contributed by atoms with Gasteiger partial charge in [-0.3, -0.25) is 0 Å². The van der Waals surface area contributed by atoms with Crippen molar-refractivity contribution in [1.82, 2.24) is 13.0 Å². The van der Waals surface area contributed by atoms with Crippen molar-refractivity contribution in [1.29, 1.82) is 0 Å². The van der Waals surface area contributed by atoms with E-state index >= 15 is 4.57 Å². The van der Waals surface area contributed by atoms with Crippen LogP contribution in [0.25, 0.3) is 32.3 Å². The first kappa shape index (κ1) is 34.9. The van der Waals surface area contributed by atoms with E-state index in [1.54, 1.807) is 0 Å². The monoisotopic (exact) mass is 769 g/mol. The lowest BCUT2D eigenvalue weighted by Gasteiger charge is -2.25. The summed E-state index contributed by atoms with van der Waals surface area (Å²) in [5.74, 6) is 2.39. The van der Waals surface area contributed by atoms with E-state index < -0.39 is 7.59 Å². The van der Waals surface area contributed by atoms with Crippen molar-refractivity contribution >= 4 is 63.2 Å². The molecule has 2 bridgehead atoms. The van der Waals surface area contributed by atoms with E-state index in [1.165, 1.54) is 22.3 Å². The smallest absolute Gasteiger partial charge is 0.248 e. The van der Waals surface area contributed by atoms with Gasteiger partial charge in [0.2, 0.25) is 0 Å². The van der Waals surface area contributed by atoms with Crippen molar-refractivity contribution < 1.29 is 4.57 Å². The van der Waals surface area contributed by atoms with Crippen molar-refractivity contribution in [2.75, 3.05) is 0 Å². The molecule has 286 valence electrons. The summed E-state index contributed by atoms with van der Waals surface area (Å²) in [7, 11) is -3.90. The SMILES string of the molecule is CC(C)(C)c1ccc2c(c1)C1=NC2=Nc2c3cc(C(C)(C)C)ccc3c3n2P2(=O)n4c(c5ccc(C(C)(C)C)cc5c4=c4c5ccc(C(C)(C)C)cc5c(n42)=N3)=N1. The van der Waals surface area contributed by atoms with E-state index in [4.69, 9.17) is 20.0 Å². The third-order valence-electron chi connectivity index (χ3n) is 12.6. The van der Waals surface area contributed by atoms with Gasteiger partial charge in [0.1, 0.15) is 0 Å².